The van der Waals surface area contributed by atoms with Crippen molar-refractivity contribution in [2.75, 3.05) is 0 Å². The highest BCUT2D eigenvalue weighted by Crippen LogP contribution is 2.15. The normalized spacial score (nSPS) is 11.8. The van der Waals surface area contributed by atoms with Crippen molar-refractivity contribution >= 4 is 5.91 Å². The van der Waals surface area contributed by atoms with Crippen LogP contribution in [0.25, 0.3) is 0 Å². The fourth-order valence-corrected chi connectivity index (χ4v) is 2.20. The molecule has 2 rings (SSSR count). The first-order valence-electron chi connectivity index (χ1n) is 7.90. The first kappa shape index (κ1) is 17.0. The van der Waals surface area contributed by atoms with Crippen molar-refractivity contribution < 1.29 is 13.9 Å². The summed E-state index contributed by atoms with van der Waals surface area (Å²) in [5.74, 6) is 0.229. The minimum absolute atomic E-state index is 0.170. The Morgan fingerprint density at radius 3 is 2.22 bits per heavy atom. The third-order valence-electron chi connectivity index (χ3n) is 3.65. The topological polar surface area (TPSA) is 38.3 Å². The number of carbonyl (C=O) groups is 1. The van der Waals surface area contributed by atoms with E-state index in [-0.39, 0.29) is 11.7 Å². The van der Waals surface area contributed by atoms with Crippen LogP contribution in [-0.2, 0) is 17.8 Å². The van der Waals surface area contributed by atoms with Crippen molar-refractivity contribution in [2.45, 2.75) is 39.3 Å². The fraction of sp³-hybridized carbons (Fsp3) is 0.316. The monoisotopic (exact) mass is 315 g/mol. The van der Waals surface area contributed by atoms with Crippen molar-refractivity contribution in [3.05, 3.63) is 65.5 Å². The van der Waals surface area contributed by atoms with Gasteiger partial charge in [-0.3, -0.25) is 4.79 Å². The number of benzene rings is 2. The van der Waals surface area contributed by atoms with E-state index in [2.05, 4.69) is 12.2 Å². The molecule has 0 aromatic heterocycles. The summed E-state index contributed by atoms with van der Waals surface area (Å²) in [5.41, 5.74) is 2.08. The molecule has 0 aliphatic heterocycles. The minimum atomic E-state index is -0.539. The molecule has 2 aromatic rings. The summed E-state index contributed by atoms with van der Waals surface area (Å²) in [6.07, 6.45) is 1.00. The van der Waals surface area contributed by atoms with Crippen LogP contribution in [0.5, 0.6) is 5.75 Å². The van der Waals surface area contributed by atoms with Gasteiger partial charge in [0, 0.05) is 6.54 Å². The Bertz CT molecular complexity index is 623. The molecule has 1 N–H and O–H groups in total. The van der Waals surface area contributed by atoms with Crippen molar-refractivity contribution in [1.82, 2.24) is 5.32 Å². The Balaban J connectivity index is 1.90. The molecule has 3 nitrogen and oxygen atoms in total. The zero-order valence-corrected chi connectivity index (χ0v) is 13.5. The first-order chi connectivity index (χ1) is 11.1. The molecule has 0 aliphatic rings. The van der Waals surface area contributed by atoms with E-state index in [1.165, 1.54) is 17.7 Å². The summed E-state index contributed by atoms with van der Waals surface area (Å²) >= 11 is 0. The van der Waals surface area contributed by atoms with Gasteiger partial charge in [-0.1, -0.05) is 38.1 Å². The van der Waals surface area contributed by atoms with E-state index < -0.39 is 6.10 Å². The van der Waals surface area contributed by atoms with E-state index in [0.717, 1.165) is 12.0 Å². The van der Waals surface area contributed by atoms with Crippen molar-refractivity contribution in [3.63, 3.8) is 0 Å². The van der Waals surface area contributed by atoms with E-state index in [4.69, 9.17) is 4.74 Å². The first-order valence-corrected chi connectivity index (χ1v) is 7.90. The summed E-state index contributed by atoms with van der Waals surface area (Å²) < 4.78 is 18.6. The van der Waals surface area contributed by atoms with Gasteiger partial charge < -0.3 is 10.1 Å². The van der Waals surface area contributed by atoms with Crippen LogP contribution in [0.1, 0.15) is 31.4 Å². The van der Waals surface area contributed by atoms with Crippen LogP contribution in [0, 0.1) is 5.82 Å². The van der Waals surface area contributed by atoms with Gasteiger partial charge in [-0.25, -0.2) is 4.39 Å². The second-order valence-electron chi connectivity index (χ2n) is 5.36. The molecule has 0 saturated carbocycles. The van der Waals surface area contributed by atoms with E-state index in [1.54, 1.807) is 12.1 Å². The van der Waals surface area contributed by atoms with E-state index in [0.29, 0.717) is 18.7 Å². The Morgan fingerprint density at radius 1 is 1.04 bits per heavy atom. The molecule has 0 heterocycles. The highest BCUT2D eigenvalue weighted by atomic mass is 19.1. The number of aryl methyl sites for hydroxylation is 1. The lowest BCUT2D eigenvalue weighted by atomic mass is 10.1. The highest BCUT2D eigenvalue weighted by molar-refractivity contribution is 5.81. The molecule has 1 amide bonds. The number of halogens is 1. The smallest absolute Gasteiger partial charge is 0.261 e. The number of hydrogen-bond acceptors (Lipinski definition) is 2. The van der Waals surface area contributed by atoms with E-state index >= 15 is 0 Å². The summed E-state index contributed by atoms with van der Waals surface area (Å²) in [5, 5.41) is 2.83. The molecule has 0 saturated heterocycles. The van der Waals surface area contributed by atoms with Gasteiger partial charge in [0.1, 0.15) is 11.6 Å². The van der Waals surface area contributed by atoms with Crippen LogP contribution in [-0.4, -0.2) is 12.0 Å². The van der Waals surface area contributed by atoms with Gasteiger partial charge in [0.25, 0.3) is 5.91 Å². The van der Waals surface area contributed by atoms with Crippen LogP contribution >= 0.6 is 0 Å². The molecule has 122 valence electrons. The molecule has 0 unspecified atom stereocenters. The zero-order valence-electron chi connectivity index (χ0n) is 13.5. The summed E-state index contributed by atoms with van der Waals surface area (Å²) in [7, 11) is 0. The SMILES string of the molecule is CCc1ccc(O[C@@H](CC)C(=O)NCc2ccc(F)cc2)cc1. The van der Waals surface area contributed by atoms with Crippen molar-refractivity contribution in [3.8, 4) is 5.75 Å². The molecular formula is C19H22FNO2. The van der Waals surface area contributed by atoms with E-state index in [1.807, 2.05) is 31.2 Å². The van der Waals surface area contributed by atoms with Gasteiger partial charge >= 0.3 is 0 Å². The maximum atomic E-state index is 12.9. The van der Waals surface area contributed by atoms with Gasteiger partial charge in [-0.2, -0.15) is 0 Å². The molecule has 1 atom stereocenters. The van der Waals surface area contributed by atoms with Crippen LogP contribution in [0.15, 0.2) is 48.5 Å². The standard InChI is InChI=1S/C19H22FNO2/c1-3-14-7-11-17(12-8-14)23-18(4-2)19(22)21-13-15-5-9-16(20)10-6-15/h5-12,18H,3-4,13H2,1-2H3,(H,21,22)/t18-/m0/s1. The Labute approximate surface area is 136 Å². The zero-order chi connectivity index (χ0) is 16.7. The van der Waals surface area contributed by atoms with Gasteiger partial charge in [0.15, 0.2) is 6.10 Å². The van der Waals surface area contributed by atoms with Gasteiger partial charge in [0.05, 0.1) is 0 Å². The molecule has 0 bridgehead atoms. The summed E-state index contributed by atoms with van der Waals surface area (Å²) in [6.45, 7) is 4.35. The predicted octanol–water partition coefficient (Wildman–Crippen LogP) is 3.86. The van der Waals surface area contributed by atoms with E-state index in [9.17, 15) is 9.18 Å². The molecule has 0 radical (unpaired) electrons. The molecule has 4 heteroatoms. The maximum absolute atomic E-state index is 12.9. The lowest BCUT2D eigenvalue weighted by Gasteiger charge is -2.17. The lowest BCUT2D eigenvalue weighted by Crippen LogP contribution is -2.37. The molecule has 0 fully saturated rings. The summed E-state index contributed by atoms with van der Waals surface area (Å²) in [4.78, 5) is 12.2. The van der Waals surface area contributed by atoms with Crippen molar-refractivity contribution in [1.29, 1.82) is 0 Å². The van der Waals surface area contributed by atoms with Gasteiger partial charge in [-0.05, 0) is 48.2 Å². The molecule has 23 heavy (non-hydrogen) atoms. The third-order valence-corrected chi connectivity index (χ3v) is 3.65. The Kier molecular flexibility index (Phi) is 6.15. The number of hydrogen-bond donors (Lipinski definition) is 1. The van der Waals surface area contributed by atoms with Crippen LogP contribution < -0.4 is 10.1 Å². The molecular weight excluding hydrogens is 293 g/mol. The number of nitrogens with one attached hydrogen (secondary N) is 1. The molecule has 0 aliphatic carbocycles. The largest absolute Gasteiger partial charge is 0.481 e. The van der Waals surface area contributed by atoms with Crippen molar-refractivity contribution in [2.24, 2.45) is 0 Å². The molecule has 0 spiro atoms. The number of rotatable bonds is 7. The van der Waals surface area contributed by atoms with Gasteiger partial charge in [0.2, 0.25) is 0 Å². The second-order valence-corrected chi connectivity index (χ2v) is 5.36. The highest BCUT2D eigenvalue weighted by Gasteiger charge is 2.17. The maximum Gasteiger partial charge on any atom is 0.261 e. The second kappa shape index (κ2) is 8.32. The van der Waals surface area contributed by atoms with Crippen LogP contribution in [0.4, 0.5) is 4.39 Å². The van der Waals surface area contributed by atoms with Crippen LogP contribution in [0.3, 0.4) is 0 Å². The minimum Gasteiger partial charge on any atom is -0.481 e. The molecule has 2 aromatic carbocycles. The Hall–Kier alpha value is -2.36. The summed E-state index contributed by atoms with van der Waals surface area (Å²) in [6, 6.07) is 13.8. The number of ether oxygens (including phenoxy) is 1. The fourth-order valence-electron chi connectivity index (χ4n) is 2.20. The lowest BCUT2D eigenvalue weighted by molar-refractivity contribution is -0.128. The third kappa shape index (κ3) is 5.09. The average Bonchev–Trinajstić information content (AvgIpc) is 2.59. The van der Waals surface area contributed by atoms with Crippen LogP contribution in [0.2, 0.25) is 0 Å². The quantitative estimate of drug-likeness (QED) is 0.842. The Morgan fingerprint density at radius 2 is 1.65 bits per heavy atom. The average molecular weight is 315 g/mol. The van der Waals surface area contributed by atoms with Gasteiger partial charge in [-0.15, -0.1) is 0 Å². The number of carbonyl (C=O) groups excluding carboxylic acids is 1. The predicted molar refractivity (Wildman–Crippen MR) is 88.8 cm³/mol. The number of amides is 1.